The lowest BCUT2D eigenvalue weighted by Gasteiger charge is -2.41. The van der Waals surface area contributed by atoms with Gasteiger partial charge < -0.3 is 9.84 Å². The first-order valence-electron chi connectivity index (χ1n) is 7.63. The van der Waals surface area contributed by atoms with Crippen LogP contribution in [0.5, 0.6) is 0 Å². The molecule has 0 bridgehead atoms. The van der Waals surface area contributed by atoms with Gasteiger partial charge in [0.15, 0.2) is 0 Å². The maximum atomic E-state index is 11.7. The van der Waals surface area contributed by atoms with Crippen LogP contribution in [0, 0.1) is 0 Å². The summed E-state index contributed by atoms with van der Waals surface area (Å²) in [5.74, 6) is -0.707. The second-order valence-corrected chi connectivity index (χ2v) is 7.16. The van der Waals surface area contributed by atoms with Crippen LogP contribution in [0.1, 0.15) is 47.0 Å². The largest absolute Gasteiger partial charge is 0.480 e. The predicted octanol–water partition coefficient (Wildman–Crippen LogP) is 1.47. The molecule has 0 spiro atoms. The maximum Gasteiger partial charge on any atom is 0.323 e. The van der Waals surface area contributed by atoms with Crippen LogP contribution >= 0.6 is 0 Å². The number of carboxylic acid groups (broad SMARTS) is 1. The van der Waals surface area contributed by atoms with Crippen molar-refractivity contribution in [1.82, 2.24) is 10.2 Å². The van der Waals surface area contributed by atoms with Gasteiger partial charge in [-0.25, -0.2) is 0 Å². The van der Waals surface area contributed by atoms with E-state index in [1.807, 2.05) is 13.8 Å². The Bertz CT molecular complexity index is 370. The highest BCUT2D eigenvalue weighted by atomic mass is 16.5. The van der Waals surface area contributed by atoms with E-state index in [-0.39, 0.29) is 11.6 Å². The summed E-state index contributed by atoms with van der Waals surface area (Å²) in [5, 5.41) is 12.9. The molecule has 2 unspecified atom stereocenters. The smallest absolute Gasteiger partial charge is 0.323 e. The van der Waals surface area contributed by atoms with E-state index in [0.29, 0.717) is 18.9 Å². The lowest BCUT2D eigenvalue weighted by atomic mass is 9.95. The van der Waals surface area contributed by atoms with Crippen molar-refractivity contribution in [3.05, 3.63) is 0 Å². The molecule has 5 heteroatoms. The molecule has 1 saturated heterocycles. The number of hydrogen-bond donors (Lipinski definition) is 2. The summed E-state index contributed by atoms with van der Waals surface area (Å²) in [5.41, 5.74) is -0.876. The Kier molecular flexibility index (Phi) is 4.42. The van der Waals surface area contributed by atoms with Crippen LogP contribution in [0.2, 0.25) is 0 Å². The number of carboxylic acids is 1. The molecule has 0 aromatic carbocycles. The fourth-order valence-electron chi connectivity index (χ4n) is 3.64. The summed E-state index contributed by atoms with van der Waals surface area (Å²) in [6.45, 7) is 10.8. The molecule has 1 aliphatic heterocycles. The molecule has 1 saturated carbocycles. The summed E-state index contributed by atoms with van der Waals surface area (Å²) in [4.78, 5) is 14.1. The molecule has 2 N–H and O–H groups in total. The van der Waals surface area contributed by atoms with Crippen LogP contribution in [-0.2, 0) is 9.53 Å². The molecule has 0 radical (unpaired) electrons. The second-order valence-electron chi connectivity index (χ2n) is 7.16. The van der Waals surface area contributed by atoms with E-state index in [1.165, 1.54) is 0 Å². The third-order valence-corrected chi connectivity index (χ3v) is 4.43. The molecule has 0 amide bonds. The minimum Gasteiger partial charge on any atom is -0.480 e. The number of morpholine rings is 1. The molecule has 1 heterocycles. The monoisotopic (exact) mass is 284 g/mol. The van der Waals surface area contributed by atoms with Gasteiger partial charge >= 0.3 is 5.97 Å². The fraction of sp³-hybridized carbons (Fsp3) is 0.933. The van der Waals surface area contributed by atoms with Gasteiger partial charge in [-0.2, -0.15) is 0 Å². The zero-order chi connectivity index (χ0) is 15.0. The molecule has 0 aromatic heterocycles. The van der Waals surface area contributed by atoms with Crippen LogP contribution in [0.4, 0.5) is 0 Å². The van der Waals surface area contributed by atoms with Gasteiger partial charge in [-0.15, -0.1) is 0 Å². The summed E-state index contributed by atoms with van der Waals surface area (Å²) < 4.78 is 5.75. The number of nitrogens with zero attached hydrogens (tertiary/aromatic N) is 1. The van der Waals surface area contributed by atoms with Crippen molar-refractivity contribution in [2.45, 2.75) is 70.2 Å². The minimum atomic E-state index is -0.749. The summed E-state index contributed by atoms with van der Waals surface area (Å²) in [7, 11) is 0. The van der Waals surface area contributed by atoms with Gasteiger partial charge in [-0.1, -0.05) is 0 Å². The van der Waals surface area contributed by atoms with Crippen molar-refractivity contribution in [1.29, 1.82) is 0 Å². The molecule has 2 atom stereocenters. The fourth-order valence-corrected chi connectivity index (χ4v) is 3.64. The van der Waals surface area contributed by atoms with Gasteiger partial charge in [-0.05, 0) is 47.0 Å². The molecular formula is C15H28N2O3. The van der Waals surface area contributed by atoms with Gasteiger partial charge in [0, 0.05) is 25.2 Å². The minimum absolute atomic E-state index is 0.127. The first kappa shape index (κ1) is 15.7. The average Bonchev–Trinajstić information content (AvgIpc) is 2.72. The lowest BCUT2D eigenvalue weighted by molar-refractivity contribution is -0.145. The van der Waals surface area contributed by atoms with Crippen molar-refractivity contribution in [3.63, 3.8) is 0 Å². The van der Waals surface area contributed by atoms with Crippen LogP contribution in [0.3, 0.4) is 0 Å². The Morgan fingerprint density at radius 2 is 2.15 bits per heavy atom. The Morgan fingerprint density at radius 3 is 2.70 bits per heavy atom. The van der Waals surface area contributed by atoms with Gasteiger partial charge in [-0.3, -0.25) is 15.0 Å². The van der Waals surface area contributed by atoms with Crippen molar-refractivity contribution >= 4 is 5.97 Å². The molecule has 2 fully saturated rings. The second kappa shape index (κ2) is 5.62. The van der Waals surface area contributed by atoms with Gasteiger partial charge in [0.25, 0.3) is 0 Å². The lowest BCUT2D eigenvalue weighted by Crippen LogP contribution is -2.55. The van der Waals surface area contributed by atoms with Crippen molar-refractivity contribution in [2.75, 3.05) is 19.7 Å². The van der Waals surface area contributed by atoms with Crippen LogP contribution in [0.15, 0.2) is 0 Å². The Labute approximate surface area is 121 Å². The summed E-state index contributed by atoms with van der Waals surface area (Å²) in [6.07, 6.45) is 2.35. The van der Waals surface area contributed by atoms with Crippen LogP contribution in [-0.4, -0.2) is 58.9 Å². The summed E-state index contributed by atoms with van der Waals surface area (Å²) >= 11 is 0. The molecule has 2 rings (SSSR count). The average molecular weight is 284 g/mol. The third-order valence-electron chi connectivity index (χ3n) is 4.43. The SMILES string of the molecule is CC(C)NC1(C(=O)O)CCC(N2CCOC(C)(C)C2)C1. The Morgan fingerprint density at radius 1 is 1.45 bits per heavy atom. The van der Waals surface area contributed by atoms with Crippen molar-refractivity contribution in [2.24, 2.45) is 0 Å². The zero-order valence-electron chi connectivity index (χ0n) is 13.1. The quantitative estimate of drug-likeness (QED) is 0.818. The van der Waals surface area contributed by atoms with E-state index in [4.69, 9.17) is 4.74 Å². The molecule has 5 nitrogen and oxygen atoms in total. The number of nitrogens with one attached hydrogen (secondary N) is 1. The summed E-state index contributed by atoms with van der Waals surface area (Å²) in [6, 6.07) is 0.534. The van der Waals surface area contributed by atoms with Crippen molar-refractivity contribution in [3.8, 4) is 0 Å². The normalized spacial score (nSPS) is 34.5. The van der Waals surface area contributed by atoms with Crippen LogP contribution in [0.25, 0.3) is 0 Å². The number of hydrogen-bond acceptors (Lipinski definition) is 4. The molecule has 2 aliphatic rings. The van der Waals surface area contributed by atoms with Crippen LogP contribution < -0.4 is 5.32 Å². The number of aliphatic carboxylic acids is 1. The Hall–Kier alpha value is -0.650. The number of rotatable bonds is 4. The first-order chi connectivity index (χ1) is 9.24. The van der Waals surface area contributed by atoms with E-state index in [1.54, 1.807) is 0 Å². The third kappa shape index (κ3) is 3.32. The van der Waals surface area contributed by atoms with Gasteiger partial charge in [0.05, 0.1) is 12.2 Å². The standard InChI is InChI=1S/C15H28N2O3/c1-11(2)16-15(13(18)19)6-5-12(9-15)17-7-8-20-14(3,4)10-17/h11-12,16H,5-10H2,1-4H3,(H,18,19). The number of ether oxygens (including phenoxy) is 1. The molecule has 1 aliphatic carbocycles. The maximum absolute atomic E-state index is 11.7. The highest BCUT2D eigenvalue weighted by molar-refractivity contribution is 5.79. The zero-order valence-corrected chi connectivity index (χ0v) is 13.1. The van der Waals surface area contributed by atoms with Gasteiger partial charge in [0.1, 0.15) is 5.54 Å². The molecular weight excluding hydrogens is 256 g/mol. The first-order valence-corrected chi connectivity index (χ1v) is 7.63. The molecule has 20 heavy (non-hydrogen) atoms. The van der Waals surface area contributed by atoms with E-state index in [0.717, 1.165) is 26.1 Å². The predicted molar refractivity (Wildman–Crippen MR) is 77.9 cm³/mol. The van der Waals surface area contributed by atoms with Crippen molar-refractivity contribution < 1.29 is 14.6 Å². The van der Waals surface area contributed by atoms with Gasteiger partial charge in [0.2, 0.25) is 0 Å². The molecule has 116 valence electrons. The molecule has 0 aromatic rings. The highest BCUT2D eigenvalue weighted by Crippen LogP contribution is 2.35. The van der Waals surface area contributed by atoms with E-state index < -0.39 is 11.5 Å². The highest BCUT2D eigenvalue weighted by Gasteiger charge is 2.48. The van der Waals surface area contributed by atoms with E-state index in [2.05, 4.69) is 24.1 Å². The Balaban J connectivity index is 2.04. The number of carbonyl (C=O) groups is 1. The van der Waals surface area contributed by atoms with E-state index >= 15 is 0 Å². The topological polar surface area (TPSA) is 61.8 Å². The van der Waals surface area contributed by atoms with E-state index in [9.17, 15) is 9.90 Å².